The highest BCUT2D eigenvalue weighted by molar-refractivity contribution is 5.33. The van der Waals surface area contributed by atoms with E-state index in [1.54, 1.807) is 0 Å². The number of aromatic nitrogens is 2. The van der Waals surface area contributed by atoms with Crippen LogP contribution in [0.15, 0.2) is 6.07 Å². The van der Waals surface area contributed by atoms with Gasteiger partial charge in [0, 0.05) is 24.6 Å². The zero-order valence-electron chi connectivity index (χ0n) is 11.9. The number of nitrogens with zero attached hydrogens (tertiary/aromatic N) is 2. The van der Waals surface area contributed by atoms with Gasteiger partial charge >= 0.3 is 0 Å². The van der Waals surface area contributed by atoms with Crippen molar-refractivity contribution in [3.05, 3.63) is 17.5 Å². The minimum atomic E-state index is -0.347. The molecule has 1 aromatic heterocycles. The average molecular weight is 265 g/mol. The van der Waals surface area contributed by atoms with Gasteiger partial charge in [-0.25, -0.2) is 9.97 Å². The van der Waals surface area contributed by atoms with Crippen molar-refractivity contribution in [1.29, 1.82) is 0 Å². The molecule has 0 spiro atoms. The molecule has 0 saturated carbocycles. The van der Waals surface area contributed by atoms with Crippen LogP contribution in [0.3, 0.4) is 0 Å². The van der Waals surface area contributed by atoms with E-state index in [1.807, 2.05) is 13.0 Å². The lowest BCUT2D eigenvalue weighted by atomic mass is 9.91. The van der Waals surface area contributed by atoms with E-state index < -0.39 is 0 Å². The van der Waals surface area contributed by atoms with Crippen molar-refractivity contribution in [1.82, 2.24) is 9.97 Å². The van der Waals surface area contributed by atoms with Gasteiger partial charge in [0.15, 0.2) is 0 Å². The summed E-state index contributed by atoms with van der Waals surface area (Å²) in [7, 11) is 0. The molecule has 0 amide bonds. The van der Waals surface area contributed by atoms with Gasteiger partial charge in [-0.05, 0) is 31.7 Å². The molecule has 1 saturated heterocycles. The third kappa shape index (κ3) is 3.42. The maximum absolute atomic E-state index is 9.68. The molecule has 0 unspecified atom stereocenters. The van der Waals surface area contributed by atoms with Crippen LogP contribution < -0.4 is 5.32 Å². The maximum atomic E-state index is 9.68. The Morgan fingerprint density at radius 1 is 1.37 bits per heavy atom. The fraction of sp³-hybridized carbons (Fsp3) is 0.714. The molecule has 106 valence electrons. The van der Waals surface area contributed by atoms with Crippen LogP contribution in [0.25, 0.3) is 0 Å². The van der Waals surface area contributed by atoms with Crippen molar-refractivity contribution >= 4 is 5.95 Å². The number of rotatable bonds is 4. The van der Waals surface area contributed by atoms with E-state index in [2.05, 4.69) is 29.1 Å². The second kappa shape index (κ2) is 5.84. The summed E-state index contributed by atoms with van der Waals surface area (Å²) < 4.78 is 5.36. The van der Waals surface area contributed by atoms with Crippen LogP contribution in [0.4, 0.5) is 5.95 Å². The number of hydrogen-bond donors (Lipinski definition) is 2. The lowest BCUT2D eigenvalue weighted by molar-refractivity contribution is 0.0377. The van der Waals surface area contributed by atoms with Gasteiger partial charge in [-0.2, -0.15) is 0 Å². The molecule has 19 heavy (non-hydrogen) atoms. The Bertz CT molecular complexity index is 429. The predicted molar refractivity (Wildman–Crippen MR) is 74.4 cm³/mol. The topological polar surface area (TPSA) is 67.3 Å². The Morgan fingerprint density at radius 3 is 2.63 bits per heavy atom. The third-order valence-corrected chi connectivity index (χ3v) is 3.60. The molecule has 2 N–H and O–H groups in total. The Morgan fingerprint density at radius 2 is 2.05 bits per heavy atom. The fourth-order valence-corrected chi connectivity index (χ4v) is 2.27. The van der Waals surface area contributed by atoms with Gasteiger partial charge in [0.1, 0.15) is 0 Å². The zero-order valence-corrected chi connectivity index (χ0v) is 11.9. The predicted octanol–water partition coefficient (Wildman–Crippen LogP) is 1.86. The van der Waals surface area contributed by atoms with Gasteiger partial charge in [-0.15, -0.1) is 0 Å². The highest BCUT2D eigenvalue weighted by atomic mass is 16.5. The quantitative estimate of drug-likeness (QED) is 0.870. The van der Waals surface area contributed by atoms with Crippen molar-refractivity contribution in [2.75, 3.05) is 25.1 Å². The monoisotopic (exact) mass is 265 g/mol. The summed E-state index contributed by atoms with van der Waals surface area (Å²) in [5.41, 5.74) is 1.62. The molecule has 2 rings (SSSR count). The minimum Gasteiger partial charge on any atom is -0.394 e. The number of nitrogens with one attached hydrogen (secondary N) is 1. The molecule has 0 bridgehead atoms. The molecule has 2 heterocycles. The highest BCUT2D eigenvalue weighted by Crippen LogP contribution is 2.25. The van der Waals surface area contributed by atoms with Crippen LogP contribution in [0.2, 0.25) is 0 Å². The van der Waals surface area contributed by atoms with E-state index in [9.17, 15) is 5.11 Å². The first-order chi connectivity index (χ1) is 9.04. The van der Waals surface area contributed by atoms with Gasteiger partial charge in [0.05, 0.1) is 12.1 Å². The third-order valence-electron chi connectivity index (χ3n) is 3.60. The number of aliphatic hydroxyl groups is 1. The molecule has 0 atom stereocenters. The van der Waals surface area contributed by atoms with Gasteiger partial charge in [-0.3, -0.25) is 0 Å². The molecule has 0 aromatic carbocycles. The molecule has 1 fully saturated rings. The smallest absolute Gasteiger partial charge is 0.223 e. The van der Waals surface area contributed by atoms with Crippen molar-refractivity contribution < 1.29 is 9.84 Å². The maximum Gasteiger partial charge on any atom is 0.223 e. The summed E-state index contributed by atoms with van der Waals surface area (Å²) in [5.74, 6) is 0.974. The first-order valence-corrected chi connectivity index (χ1v) is 6.87. The van der Waals surface area contributed by atoms with E-state index >= 15 is 0 Å². The molecular weight excluding hydrogens is 242 g/mol. The number of aryl methyl sites for hydroxylation is 1. The highest BCUT2D eigenvalue weighted by Gasteiger charge is 2.32. The molecule has 0 radical (unpaired) electrons. The van der Waals surface area contributed by atoms with Crippen molar-refractivity contribution in [2.24, 2.45) is 0 Å². The number of hydrogen-bond acceptors (Lipinski definition) is 5. The van der Waals surface area contributed by atoms with Gasteiger partial charge in [-0.1, -0.05) is 13.8 Å². The van der Waals surface area contributed by atoms with Crippen LogP contribution >= 0.6 is 0 Å². The lowest BCUT2D eigenvalue weighted by Gasteiger charge is -2.36. The minimum absolute atomic E-state index is 0.0741. The average Bonchev–Trinajstić information content (AvgIpc) is 2.39. The van der Waals surface area contributed by atoms with Crippen molar-refractivity contribution in [3.8, 4) is 0 Å². The first kappa shape index (κ1) is 14.2. The van der Waals surface area contributed by atoms with Crippen LogP contribution in [-0.2, 0) is 4.74 Å². The summed E-state index contributed by atoms with van der Waals surface area (Å²) in [5, 5.41) is 13.0. The van der Waals surface area contributed by atoms with Gasteiger partial charge in [0.25, 0.3) is 0 Å². The molecule has 5 heteroatoms. The largest absolute Gasteiger partial charge is 0.394 e. The Hall–Kier alpha value is -1.20. The zero-order chi connectivity index (χ0) is 13.9. The molecule has 1 aliphatic rings. The van der Waals surface area contributed by atoms with Gasteiger partial charge < -0.3 is 15.2 Å². The van der Waals surface area contributed by atoms with Crippen LogP contribution in [0, 0.1) is 6.92 Å². The number of anilines is 1. The lowest BCUT2D eigenvalue weighted by Crippen LogP contribution is -2.47. The SMILES string of the molecule is Cc1cc(C(C)C)nc(NC2(CO)CCOCC2)n1. The second-order valence-corrected chi connectivity index (χ2v) is 5.59. The number of ether oxygens (including phenoxy) is 1. The number of aliphatic hydroxyl groups excluding tert-OH is 1. The van der Waals surface area contributed by atoms with Crippen LogP contribution in [0.1, 0.15) is 44.0 Å². The van der Waals surface area contributed by atoms with Gasteiger partial charge in [0.2, 0.25) is 5.95 Å². The molecule has 1 aromatic rings. The first-order valence-electron chi connectivity index (χ1n) is 6.87. The molecule has 1 aliphatic heterocycles. The molecular formula is C14H23N3O2. The van der Waals surface area contributed by atoms with E-state index in [4.69, 9.17) is 4.74 Å². The summed E-state index contributed by atoms with van der Waals surface area (Å²) in [4.78, 5) is 8.98. The van der Waals surface area contributed by atoms with E-state index in [0.717, 1.165) is 24.2 Å². The second-order valence-electron chi connectivity index (χ2n) is 5.59. The Kier molecular flexibility index (Phi) is 4.37. The summed E-state index contributed by atoms with van der Waals surface area (Å²) >= 11 is 0. The summed E-state index contributed by atoms with van der Waals surface area (Å²) in [6.45, 7) is 7.59. The van der Waals surface area contributed by atoms with E-state index in [-0.39, 0.29) is 12.1 Å². The standard InChI is InChI=1S/C14H23N3O2/c1-10(2)12-8-11(3)15-13(16-12)17-14(9-18)4-6-19-7-5-14/h8,10,18H,4-7,9H2,1-3H3,(H,15,16,17). The van der Waals surface area contributed by atoms with E-state index in [0.29, 0.717) is 25.1 Å². The molecule has 0 aliphatic carbocycles. The van der Waals surface area contributed by atoms with E-state index in [1.165, 1.54) is 0 Å². The van der Waals surface area contributed by atoms with Crippen molar-refractivity contribution in [2.45, 2.75) is 45.1 Å². The molecule has 5 nitrogen and oxygen atoms in total. The normalized spacial score (nSPS) is 18.6. The Labute approximate surface area is 114 Å². The van der Waals surface area contributed by atoms with Crippen LogP contribution in [0.5, 0.6) is 0 Å². The summed E-state index contributed by atoms with van der Waals surface area (Å²) in [6, 6.07) is 2.01. The van der Waals surface area contributed by atoms with Crippen LogP contribution in [-0.4, -0.2) is 40.4 Å². The Balaban J connectivity index is 2.21. The fourth-order valence-electron chi connectivity index (χ4n) is 2.27. The summed E-state index contributed by atoms with van der Waals surface area (Å²) in [6.07, 6.45) is 1.55. The van der Waals surface area contributed by atoms with Crippen molar-refractivity contribution in [3.63, 3.8) is 0 Å².